The number of rotatable bonds is 3. The predicted octanol–water partition coefficient (Wildman–Crippen LogP) is 14.4. The molecule has 0 saturated carbocycles. The van der Waals surface area contributed by atoms with Gasteiger partial charge in [-0.1, -0.05) is 166 Å². The molecular weight excluding hydrogens is 629 g/mol. The van der Waals surface area contributed by atoms with Gasteiger partial charge in [0.25, 0.3) is 0 Å². The van der Waals surface area contributed by atoms with Crippen LogP contribution in [0.2, 0.25) is 0 Å². The zero-order chi connectivity index (χ0) is 34.6. The molecule has 0 bridgehead atoms. The molecule has 10 aromatic rings. The first-order valence-corrected chi connectivity index (χ1v) is 18.2. The third-order valence-electron chi connectivity index (χ3n) is 11.7. The number of hydrogen-bond donors (Lipinski definition) is 0. The Morgan fingerprint density at radius 3 is 1.60 bits per heavy atom. The third kappa shape index (κ3) is 4.05. The molecule has 1 aliphatic rings. The summed E-state index contributed by atoms with van der Waals surface area (Å²) >= 11 is 0. The van der Waals surface area contributed by atoms with E-state index in [0.717, 1.165) is 22.1 Å². The van der Waals surface area contributed by atoms with E-state index in [4.69, 9.17) is 4.42 Å². The normalized spacial score (nSPS) is 13.3. The van der Waals surface area contributed by atoms with Gasteiger partial charge in [0, 0.05) is 21.8 Å². The van der Waals surface area contributed by atoms with E-state index in [-0.39, 0.29) is 5.41 Å². The second-order valence-electron chi connectivity index (χ2n) is 14.8. The van der Waals surface area contributed by atoms with Gasteiger partial charge in [0.1, 0.15) is 11.2 Å². The zero-order valence-electron chi connectivity index (χ0n) is 29.1. The lowest BCUT2D eigenvalue weighted by molar-refractivity contribution is 0.660. The Labute approximate surface area is 302 Å². The summed E-state index contributed by atoms with van der Waals surface area (Å²) < 4.78 is 6.65. The smallest absolute Gasteiger partial charge is 0.143 e. The number of benzene rings is 9. The Morgan fingerprint density at radius 2 is 0.923 bits per heavy atom. The highest BCUT2D eigenvalue weighted by Gasteiger charge is 2.36. The molecule has 0 aliphatic heterocycles. The highest BCUT2D eigenvalue weighted by atomic mass is 16.3. The fraction of sp³-hybridized carbons (Fsp3) is 0.0588. The van der Waals surface area contributed by atoms with Gasteiger partial charge >= 0.3 is 0 Å². The molecule has 1 aliphatic carbocycles. The maximum atomic E-state index is 6.65. The van der Waals surface area contributed by atoms with Crippen LogP contribution in [0.5, 0.6) is 0 Å². The fourth-order valence-corrected chi connectivity index (χ4v) is 9.21. The van der Waals surface area contributed by atoms with Crippen LogP contribution in [0, 0.1) is 0 Å². The molecule has 0 spiro atoms. The van der Waals surface area contributed by atoms with Crippen molar-refractivity contribution in [3.8, 4) is 44.5 Å². The molecule has 0 N–H and O–H groups in total. The van der Waals surface area contributed by atoms with Gasteiger partial charge in [-0.2, -0.15) is 0 Å². The summed E-state index contributed by atoms with van der Waals surface area (Å²) in [5.41, 5.74) is 14.4. The second kappa shape index (κ2) is 10.8. The van der Waals surface area contributed by atoms with Crippen molar-refractivity contribution in [2.45, 2.75) is 19.3 Å². The van der Waals surface area contributed by atoms with E-state index in [0.29, 0.717) is 0 Å². The summed E-state index contributed by atoms with van der Waals surface area (Å²) in [5.74, 6) is 0. The molecule has 0 saturated heterocycles. The molecule has 0 amide bonds. The zero-order valence-corrected chi connectivity index (χ0v) is 29.1. The Balaban J connectivity index is 1.08. The van der Waals surface area contributed by atoms with Crippen molar-refractivity contribution >= 4 is 54.3 Å². The molecule has 1 aromatic heterocycles. The maximum Gasteiger partial charge on any atom is 0.143 e. The van der Waals surface area contributed by atoms with Crippen molar-refractivity contribution in [1.82, 2.24) is 0 Å². The number of hydrogen-bond acceptors (Lipinski definition) is 1. The standard InChI is InChI=1S/C51H34O/c1-51(2)44-29-33(36-21-12-22-43-49-35-16-7-6-13-31(35)25-28-46(49)52-50(36)43)23-26-37(44)38-27-24-34(30-45(38)51)48-41-19-10-8-17-39(41)47(32-14-4-3-5-15-32)40-18-9-11-20-42(40)48/h3-30H,1-2H3. The second-order valence-corrected chi connectivity index (χ2v) is 14.8. The molecule has 52 heavy (non-hydrogen) atoms. The number of fused-ring (bicyclic) bond motifs is 10. The summed E-state index contributed by atoms with van der Waals surface area (Å²) in [6, 6.07) is 62.3. The summed E-state index contributed by atoms with van der Waals surface area (Å²) in [7, 11) is 0. The van der Waals surface area contributed by atoms with Gasteiger partial charge in [0.05, 0.1) is 0 Å². The van der Waals surface area contributed by atoms with Crippen LogP contribution >= 0.6 is 0 Å². The minimum Gasteiger partial charge on any atom is -0.455 e. The Hall–Kier alpha value is -6.44. The van der Waals surface area contributed by atoms with Crippen molar-refractivity contribution < 1.29 is 4.42 Å². The topological polar surface area (TPSA) is 13.1 Å². The van der Waals surface area contributed by atoms with Crippen LogP contribution in [0.15, 0.2) is 174 Å². The molecule has 1 nitrogen and oxygen atoms in total. The lowest BCUT2D eigenvalue weighted by atomic mass is 9.80. The number of para-hydroxylation sites is 1. The van der Waals surface area contributed by atoms with E-state index in [2.05, 4.69) is 184 Å². The summed E-state index contributed by atoms with van der Waals surface area (Å²) in [6.45, 7) is 4.77. The van der Waals surface area contributed by atoms with Crippen molar-refractivity contribution in [2.75, 3.05) is 0 Å². The van der Waals surface area contributed by atoms with E-state index in [1.54, 1.807) is 0 Å². The van der Waals surface area contributed by atoms with Crippen molar-refractivity contribution in [1.29, 1.82) is 0 Å². The van der Waals surface area contributed by atoms with E-state index in [1.165, 1.54) is 87.8 Å². The molecule has 11 rings (SSSR count). The molecule has 9 aromatic carbocycles. The Kier molecular flexibility index (Phi) is 6.08. The monoisotopic (exact) mass is 662 g/mol. The number of furan rings is 1. The molecule has 244 valence electrons. The van der Waals surface area contributed by atoms with Crippen molar-refractivity contribution in [2.24, 2.45) is 0 Å². The van der Waals surface area contributed by atoms with Gasteiger partial charge in [-0.05, 0) is 101 Å². The van der Waals surface area contributed by atoms with Crippen LogP contribution < -0.4 is 0 Å². The summed E-state index contributed by atoms with van der Waals surface area (Å²) in [5, 5.41) is 9.93. The maximum absolute atomic E-state index is 6.65. The average molecular weight is 663 g/mol. The van der Waals surface area contributed by atoms with Crippen molar-refractivity contribution in [3.05, 3.63) is 181 Å². The van der Waals surface area contributed by atoms with Crippen LogP contribution in [0.4, 0.5) is 0 Å². The van der Waals surface area contributed by atoms with Gasteiger partial charge in [0.15, 0.2) is 0 Å². The van der Waals surface area contributed by atoms with Crippen LogP contribution in [-0.4, -0.2) is 0 Å². The lowest BCUT2D eigenvalue weighted by Gasteiger charge is -2.23. The Bertz CT molecular complexity index is 3030. The van der Waals surface area contributed by atoms with E-state index >= 15 is 0 Å². The molecule has 0 radical (unpaired) electrons. The third-order valence-corrected chi connectivity index (χ3v) is 11.7. The fourth-order valence-electron chi connectivity index (χ4n) is 9.21. The highest BCUT2D eigenvalue weighted by Crippen LogP contribution is 2.52. The van der Waals surface area contributed by atoms with Crippen LogP contribution in [0.3, 0.4) is 0 Å². The van der Waals surface area contributed by atoms with Crippen molar-refractivity contribution in [3.63, 3.8) is 0 Å². The average Bonchev–Trinajstić information content (AvgIpc) is 3.69. The molecule has 1 heterocycles. The van der Waals surface area contributed by atoms with E-state index in [1.807, 2.05) is 0 Å². The minimum absolute atomic E-state index is 0.190. The molecular formula is C51H34O. The van der Waals surface area contributed by atoms with Gasteiger partial charge in [-0.3, -0.25) is 0 Å². The van der Waals surface area contributed by atoms with Crippen LogP contribution in [0.25, 0.3) is 98.8 Å². The molecule has 1 heteroatoms. The lowest BCUT2D eigenvalue weighted by Crippen LogP contribution is -2.15. The van der Waals surface area contributed by atoms with E-state index in [9.17, 15) is 0 Å². The first-order chi connectivity index (χ1) is 25.6. The molecule has 0 unspecified atom stereocenters. The molecule has 0 atom stereocenters. The summed E-state index contributed by atoms with van der Waals surface area (Å²) in [4.78, 5) is 0. The minimum atomic E-state index is -0.190. The Morgan fingerprint density at radius 1 is 0.385 bits per heavy atom. The van der Waals surface area contributed by atoms with Gasteiger partial charge < -0.3 is 4.42 Å². The van der Waals surface area contributed by atoms with Crippen LogP contribution in [-0.2, 0) is 5.41 Å². The predicted molar refractivity (Wildman–Crippen MR) is 220 cm³/mol. The SMILES string of the molecule is CC1(C)c2cc(-c3c4ccccc4c(-c4ccccc4)c4ccccc34)ccc2-c2ccc(-c3cccc4c3oc3ccc5ccccc5c34)cc21. The first kappa shape index (κ1) is 29.3. The van der Waals surface area contributed by atoms with Crippen LogP contribution in [0.1, 0.15) is 25.0 Å². The first-order valence-electron chi connectivity index (χ1n) is 18.2. The van der Waals surface area contributed by atoms with Gasteiger partial charge in [0.2, 0.25) is 0 Å². The highest BCUT2D eigenvalue weighted by molar-refractivity contribution is 6.22. The van der Waals surface area contributed by atoms with Gasteiger partial charge in [-0.15, -0.1) is 0 Å². The van der Waals surface area contributed by atoms with E-state index < -0.39 is 0 Å². The molecule has 0 fully saturated rings. The van der Waals surface area contributed by atoms with Gasteiger partial charge in [-0.25, -0.2) is 0 Å². The largest absolute Gasteiger partial charge is 0.455 e. The summed E-state index contributed by atoms with van der Waals surface area (Å²) in [6.07, 6.45) is 0. The quantitative estimate of drug-likeness (QED) is 0.172.